The van der Waals surface area contributed by atoms with Gasteiger partial charge in [0.1, 0.15) is 23.1 Å². The Kier molecular flexibility index (Phi) is 5.72. The number of nitrogens with one attached hydrogen (secondary N) is 3. The molecule has 3 aromatic rings. The number of pyridine rings is 1. The first-order valence-electron chi connectivity index (χ1n) is 10.0. The van der Waals surface area contributed by atoms with Gasteiger partial charge in [0, 0.05) is 17.4 Å². The molecule has 1 aromatic carbocycles. The Labute approximate surface area is 189 Å². The van der Waals surface area contributed by atoms with Crippen molar-refractivity contribution in [1.29, 1.82) is 5.41 Å². The largest absolute Gasteiger partial charge is 0.493 e. The lowest BCUT2D eigenvalue weighted by Crippen LogP contribution is -2.46. The molecular weight excluding hydrogens is 465 g/mol. The highest BCUT2D eigenvalue weighted by Crippen LogP contribution is 2.59. The van der Waals surface area contributed by atoms with Crippen LogP contribution in [0.3, 0.4) is 0 Å². The quantitative estimate of drug-likeness (QED) is 0.189. The van der Waals surface area contributed by atoms with Gasteiger partial charge >= 0.3 is 6.18 Å². The maximum Gasteiger partial charge on any atom is 0.417 e. The summed E-state index contributed by atoms with van der Waals surface area (Å²) in [5.41, 5.74) is -0.368. The number of ether oxygens (including phenoxy) is 2. The van der Waals surface area contributed by atoms with Crippen molar-refractivity contribution in [3.8, 4) is 5.75 Å². The standard InChI is InChI=1S/C21H20F5N5O3/c1-8-14(9-4-5-10(22)15(23)16(9)33-3)17(34-20(8,2)21(24,25)26)19-29-11-6-12(18(27)31-32)28-7-13(11)30-19/h4-8,14,17,32H,1-3H3,(H2,27,31)(H,29,30)/t8-,14-,17+,20+/m0/s1. The van der Waals surface area contributed by atoms with E-state index in [0.29, 0.717) is 5.52 Å². The molecule has 13 heteroatoms. The van der Waals surface area contributed by atoms with Crippen LogP contribution in [-0.4, -0.2) is 44.9 Å². The summed E-state index contributed by atoms with van der Waals surface area (Å²) in [6.07, 6.45) is -4.86. The minimum absolute atomic E-state index is 0.00240. The minimum atomic E-state index is -4.78. The molecular formula is C21H20F5N5O3. The van der Waals surface area contributed by atoms with Crippen molar-refractivity contribution < 1.29 is 36.6 Å². The van der Waals surface area contributed by atoms with Gasteiger partial charge in [0.25, 0.3) is 0 Å². The molecule has 0 bridgehead atoms. The molecule has 34 heavy (non-hydrogen) atoms. The van der Waals surface area contributed by atoms with Crippen molar-refractivity contribution in [2.24, 2.45) is 5.92 Å². The van der Waals surface area contributed by atoms with E-state index >= 15 is 0 Å². The van der Waals surface area contributed by atoms with E-state index in [1.165, 1.54) is 25.3 Å². The lowest BCUT2D eigenvalue weighted by atomic mass is 9.77. The maximum absolute atomic E-state index is 14.5. The van der Waals surface area contributed by atoms with Crippen molar-refractivity contribution in [1.82, 2.24) is 20.4 Å². The third-order valence-electron chi connectivity index (χ3n) is 6.34. The molecule has 0 spiro atoms. The maximum atomic E-state index is 14.5. The van der Waals surface area contributed by atoms with Crippen molar-refractivity contribution in [3.63, 3.8) is 0 Å². The van der Waals surface area contributed by atoms with Crippen LogP contribution in [0.2, 0.25) is 0 Å². The summed E-state index contributed by atoms with van der Waals surface area (Å²) >= 11 is 0. The zero-order valence-electron chi connectivity index (χ0n) is 18.1. The highest BCUT2D eigenvalue weighted by atomic mass is 19.4. The number of methoxy groups -OCH3 is 1. The van der Waals surface area contributed by atoms with Crippen molar-refractivity contribution in [2.75, 3.05) is 7.11 Å². The van der Waals surface area contributed by atoms with Gasteiger partial charge in [-0.15, -0.1) is 0 Å². The number of hydrogen-bond donors (Lipinski definition) is 4. The Morgan fingerprint density at radius 3 is 2.65 bits per heavy atom. The number of benzene rings is 1. The lowest BCUT2D eigenvalue weighted by molar-refractivity contribution is -0.275. The Hall–Kier alpha value is -3.32. The molecule has 8 nitrogen and oxygen atoms in total. The number of hydroxylamine groups is 1. The van der Waals surface area contributed by atoms with Gasteiger partial charge in [0.05, 0.1) is 18.8 Å². The number of fused-ring (bicyclic) bond motifs is 1. The fraction of sp³-hybridized carbons (Fsp3) is 0.381. The number of hydrogen-bond acceptors (Lipinski definition) is 6. The molecule has 4 rings (SSSR count). The second kappa shape index (κ2) is 8.17. The summed E-state index contributed by atoms with van der Waals surface area (Å²) in [5, 5.41) is 16.5. The SMILES string of the molecule is COc1c([C@H]2[C@H](c3nc4cnc(C(=N)NO)cc4[nH]3)O[C@@](C)(C(F)(F)F)[C@H]2C)ccc(F)c1F. The van der Waals surface area contributed by atoms with E-state index in [4.69, 9.17) is 20.1 Å². The molecule has 0 aliphatic carbocycles. The van der Waals surface area contributed by atoms with Crippen LogP contribution in [0.5, 0.6) is 5.75 Å². The predicted octanol–water partition coefficient (Wildman–Crippen LogP) is 4.36. The van der Waals surface area contributed by atoms with Crippen molar-refractivity contribution in [3.05, 3.63) is 53.1 Å². The smallest absolute Gasteiger partial charge is 0.417 e. The van der Waals surface area contributed by atoms with Gasteiger partial charge in [-0.05, 0) is 19.1 Å². The molecule has 4 N–H and O–H groups in total. The van der Waals surface area contributed by atoms with E-state index < -0.39 is 52.9 Å². The van der Waals surface area contributed by atoms with Crippen LogP contribution in [0.15, 0.2) is 24.4 Å². The number of rotatable bonds is 4. The van der Waals surface area contributed by atoms with Gasteiger partial charge in [-0.25, -0.2) is 9.37 Å². The van der Waals surface area contributed by atoms with Gasteiger partial charge in [-0.1, -0.05) is 13.0 Å². The number of aromatic amines is 1. The molecule has 1 aliphatic rings. The Morgan fingerprint density at radius 1 is 1.32 bits per heavy atom. The lowest BCUT2D eigenvalue weighted by Gasteiger charge is -2.32. The molecule has 2 aromatic heterocycles. The average Bonchev–Trinajstić information content (AvgIpc) is 3.33. The number of nitrogens with zero attached hydrogens (tertiary/aromatic N) is 2. The van der Waals surface area contributed by atoms with Crippen LogP contribution >= 0.6 is 0 Å². The van der Waals surface area contributed by atoms with Crippen LogP contribution in [-0.2, 0) is 4.74 Å². The van der Waals surface area contributed by atoms with E-state index in [1.54, 1.807) is 5.48 Å². The fourth-order valence-corrected chi connectivity index (χ4v) is 4.31. The van der Waals surface area contributed by atoms with Crippen LogP contribution in [0.4, 0.5) is 22.0 Å². The van der Waals surface area contributed by atoms with Gasteiger partial charge in [0.2, 0.25) is 5.82 Å². The van der Waals surface area contributed by atoms with E-state index in [-0.39, 0.29) is 22.6 Å². The average molecular weight is 485 g/mol. The molecule has 0 amide bonds. The van der Waals surface area contributed by atoms with Gasteiger partial charge in [0.15, 0.2) is 23.0 Å². The van der Waals surface area contributed by atoms with Crippen molar-refractivity contribution >= 4 is 16.9 Å². The van der Waals surface area contributed by atoms with Crippen molar-refractivity contribution in [2.45, 2.75) is 37.6 Å². The summed E-state index contributed by atoms with van der Waals surface area (Å²) in [7, 11) is 1.10. The zero-order valence-corrected chi connectivity index (χ0v) is 18.1. The molecule has 1 aliphatic heterocycles. The van der Waals surface area contributed by atoms with Gasteiger partial charge < -0.3 is 14.5 Å². The summed E-state index contributed by atoms with van der Waals surface area (Å²) in [5.74, 6) is -5.82. The highest BCUT2D eigenvalue weighted by molar-refractivity contribution is 5.96. The molecule has 0 radical (unpaired) electrons. The minimum Gasteiger partial charge on any atom is -0.493 e. The summed E-state index contributed by atoms with van der Waals surface area (Å²) in [6.45, 7) is 2.21. The molecule has 3 heterocycles. The number of amidine groups is 1. The monoisotopic (exact) mass is 485 g/mol. The van der Waals surface area contributed by atoms with Crippen LogP contribution in [0, 0.1) is 23.0 Å². The second-order valence-corrected chi connectivity index (χ2v) is 8.14. The molecule has 1 fully saturated rings. The molecule has 182 valence electrons. The zero-order chi connectivity index (χ0) is 25.0. The Bertz CT molecular complexity index is 1260. The second-order valence-electron chi connectivity index (χ2n) is 8.14. The van der Waals surface area contributed by atoms with Crippen LogP contribution in [0.1, 0.15) is 43.0 Å². The molecule has 0 unspecified atom stereocenters. The Balaban J connectivity index is 1.89. The van der Waals surface area contributed by atoms with Gasteiger partial charge in [-0.3, -0.25) is 21.1 Å². The molecule has 4 atom stereocenters. The highest BCUT2D eigenvalue weighted by Gasteiger charge is 2.65. The first kappa shape index (κ1) is 23.8. The fourth-order valence-electron chi connectivity index (χ4n) is 4.31. The van der Waals surface area contributed by atoms with E-state index in [2.05, 4.69) is 15.0 Å². The molecule has 0 saturated carbocycles. The Morgan fingerprint density at radius 2 is 2.03 bits per heavy atom. The number of alkyl halides is 3. The first-order valence-corrected chi connectivity index (χ1v) is 10.0. The summed E-state index contributed by atoms with van der Waals surface area (Å²) < 4.78 is 81.2. The van der Waals surface area contributed by atoms with E-state index in [1.807, 2.05) is 0 Å². The first-order chi connectivity index (χ1) is 15.9. The molecule has 1 saturated heterocycles. The third-order valence-corrected chi connectivity index (χ3v) is 6.34. The normalized spacial score (nSPS) is 25.0. The number of imidazole rings is 1. The number of H-pyrrole nitrogens is 1. The topological polar surface area (TPSA) is 116 Å². The number of aromatic nitrogens is 3. The number of halogens is 5. The summed E-state index contributed by atoms with van der Waals surface area (Å²) in [4.78, 5) is 11.1. The van der Waals surface area contributed by atoms with E-state index in [0.717, 1.165) is 20.1 Å². The van der Waals surface area contributed by atoms with Crippen LogP contribution < -0.4 is 10.2 Å². The predicted molar refractivity (Wildman–Crippen MR) is 109 cm³/mol. The van der Waals surface area contributed by atoms with Crippen LogP contribution in [0.25, 0.3) is 11.0 Å². The third kappa shape index (κ3) is 3.55. The van der Waals surface area contributed by atoms with E-state index in [9.17, 15) is 22.0 Å². The summed E-state index contributed by atoms with van der Waals surface area (Å²) in [6, 6.07) is 3.36. The van der Waals surface area contributed by atoms with Gasteiger partial charge in [-0.2, -0.15) is 17.6 Å².